The molecule has 0 spiro atoms. The van der Waals surface area contributed by atoms with Crippen molar-refractivity contribution in [1.82, 2.24) is 10.2 Å². The SMILES string of the molecule is COC1CC(C(=O)O)N(C(=O)c2ccc(C(=O)NCC(C)(C)C)cc2)C1. The molecular formula is C19H26N2O5. The van der Waals surface area contributed by atoms with Crippen LogP contribution in [-0.4, -0.2) is 60.1 Å². The third-order valence-corrected chi connectivity index (χ3v) is 4.32. The summed E-state index contributed by atoms with van der Waals surface area (Å²) in [6.07, 6.45) is -0.0206. The summed E-state index contributed by atoms with van der Waals surface area (Å²) in [5.41, 5.74) is 0.780. The second kappa shape index (κ2) is 7.86. The maximum absolute atomic E-state index is 12.7. The quantitative estimate of drug-likeness (QED) is 0.832. The number of likely N-dealkylation sites (tertiary alicyclic amines) is 1. The Morgan fingerprint density at radius 1 is 1.19 bits per heavy atom. The Balaban J connectivity index is 2.08. The van der Waals surface area contributed by atoms with Crippen LogP contribution in [-0.2, 0) is 9.53 Å². The number of ether oxygens (including phenoxy) is 1. The molecule has 1 aliphatic rings. The number of carbonyl (C=O) groups excluding carboxylic acids is 2. The Kier molecular flexibility index (Phi) is 6.02. The molecule has 2 N–H and O–H groups in total. The van der Waals surface area contributed by atoms with Crippen LogP contribution >= 0.6 is 0 Å². The van der Waals surface area contributed by atoms with Gasteiger partial charge in [-0.1, -0.05) is 20.8 Å². The zero-order chi connectivity index (χ0) is 19.5. The van der Waals surface area contributed by atoms with Crippen LogP contribution in [0.25, 0.3) is 0 Å². The number of nitrogens with one attached hydrogen (secondary N) is 1. The van der Waals surface area contributed by atoms with Crippen molar-refractivity contribution in [2.75, 3.05) is 20.2 Å². The van der Waals surface area contributed by atoms with Crippen molar-refractivity contribution < 1.29 is 24.2 Å². The number of rotatable bonds is 5. The van der Waals surface area contributed by atoms with Gasteiger partial charge in [-0.2, -0.15) is 0 Å². The Labute approximate surface area is 153 Å². The van der Waals surface area contributed by atoms with Gasteiger partial charge in [0, 0.05) is 37.7 Å². The van der Waals surface area contributed by atoms with Crippen LogP contribution in [0.5, 0.6) is 0 Å². The fourth-order valence-electron chi connectivity index (χ4n) is 2.80. The zero-order valence-corrected chi connectivity index (χ0v) is 15.6. The number of nitrogens with zero attached hydrogens (tertiary/aromatic N) is 1. The predicted octanol–water partition coefficient (Wildman–Crippen LogP) is 1.78. The van der Waals surface area contributed by atoms with Crippen molar-refractivity contribution in [3.8, 4) is 0 Å². The first-order valence-corrected chi connectivity index (χ1v) is 8.57. The summed E-state index contributed by atoms with van der Waals surface area (Å²) in [7, 11) is 1.50. The molecule has 0 aromatic heterocycles. The van der Waals surface area contributed by atoms with Crippen LogP contribution in [0.4, 0.5) is 0 Å². The average molecular weight is 362 g/mol. The van der Waals surface area contributed by atoms with Crippen LogP contribution in [0.2, 0.25) is 0 Å². The highest BCUT2D eigenvalue weighted by Gasteiger charge is 2.40. The summed E-state index contributed by atoms with van der Waals surface area (Å²) < 4.78 is 5.20. The largest absolute Gasteiger partial charge is 0.480 e. The van der Waals surface area contributed by atoms with E-state index in [0.29, 0.717) is 17.7 Å². The van der Waals surface area contributed by atoms with Gasteiger partial charge in [0.15, 0.2) is 0 Å². The first kappa shape index (κ1) is 19.9. The van der Waals surface area contributed by atoms with Gasteiger partial charge >= 0.3 is 5.97 Å². The highest BCUT2D eigenvalue weighted by molar-refractivity contribution is 5.99. The van der Waals surface area contributed by atoms with E-state index in [1.807, 2.05) is 20.8 Å². The Hall–Kier alpha value is -2.41. The van der Waals surface area contributed by atoms with E-state index in [9.17, 15) is 19.5 Å². The van der Waals surface area contributed by atoms with Gasteiger partial charge in [-0.05, 0) is 29.7 Å². The maximum Gasteiger partial charge on any atom is 0.326 e. The molecule has 0 bridgehead atoms. The molecule has 2 unspecified atom stereocenters. The van der Waals surface area contributed by atoms with Crippen molar-refractivity contribution in [2.24, 2.45) is 5.41 Å². The van der Waals surface area contributed by atoms with E-state index in [-0.39, 0.29) is 36.3 Å². The van der Waals surface area contributed by atoms with Gasteiger partial charge in [-0.3, -0.25) is 9.59 Å². The monoisotopic (exact) mass is 362 g/mol. The number of benzene rings is 1. The van der Waals surface area contributed by atoms with E-state index in [0.717, 1.165) is 0 Å². The molecule has 2 amide bonds. The number of amides is 2. The van der Waals surface area contributed by atoms with Gasteiger partial charge in [-0.25, -0.2) is 4.79 Å². The van der Waals surface area contributed by atoms with E-state index in [2.05, 4.69) is 5.32 Å². The lowest BCUT2D eigenvalue weighted by Crippen LogP contribution is -2.40. The molecule has 1 heterocycles. The van der Waals surface area contributed by atoms with Gasteiger partial charge in [0.25, 0.3) is 11.8 Å². The minimum Gasteiger partial charge on any atom is -0.480 e. The maximum atomic E-state index is 12.7. The number of hydrogen-bond acceptors (Lipinski definition) is 4. The third-order valence-electron chi connectivity index (χ3n) is 4.32. The average Bonchev–Trinajstić information content (AvgIpc) is 3.03. The number of aliphatic carboxylic acids is 1. The molecule has 1 aromatic rings. The Morgan fingerprint density at radius 3 is 2.27 bits per heavy atom. The van der Waals surface area contributed by atoms with Crippen LogP contribution in [0, 0.1) is 5.41 Å². The van der Waals surface area contributed by atoms with E-state index in [1.54, 1.807) is 24.3 Å². The fourth-order valence-corrected chi connectivity index (χ4v) is 2.80. The number of hydrogen-bond donors (Lipinski definition) is 2. The third kappa shape index (κ3) is 4.82. The molecule has 1 aromatic carbocycles. The van der Waals surface area contributed by atoms with Crippen molar-refractivity contribution in [1.29, 1.82) is 0 Å². The number of carboxylic acid groups (broad SMARTS) is 1. The zero-order valence-electron chi connectivity index (χ0n) is 15.6. The number of carboxylic acids is 1. The van der Waals surface area contributed by atoms with E-state index >= 15 is 0 Å². The van der Waals surface area contributed by atoms with E-state index in [1.165, 1.54) is 12.0 Å². The molecule has 1 fully saturated rings. The molecule has 7 heteroatoms. The topological polar surface area (TPSA) is 95.9 Å². The van der Waals surface area contributed by atoms with Crippen molar-refractivity contribution >= 4 is 17.8 Å². The minimum absolute atomic E-state index is 0.0228. The molecule has 0 saturated carbocycles. The van der Waals surface area contributed by atoms with Crippen LogP contribution in [0.1, 0.15) is 47.9 Å². The second-order valence-corrected chi connectivity index (χ2v) is 7.73. The van der Waals surface area contributed by atoms with Gasteiger partial charge < -0.3 is 20.1 Å². The smallest absolute Gasteiger partial charge is 0.326 e. The highest BCUT2D eigenvalue weighted by atomic mass is 16.5. The number of carbonyl (C=O) groups is 3. The Morgan fingerprint density at radius 2 is 1.77 bits per heavy atom. The van der Waals surface area contributed by atoms with E-state index in [4.69, 9.17) is 4.74 Å². The molecule has 1 saturated heterocycles. The lowest BCUT2D eigenvalue weighted by molar-refractivity contribution is -0.141. The summed E-state index contributed by atoms with van der Waals surface area (Å²) in [6.45, 7) is 6.85. The highest BCUT2D eigenvalue weighted by Crippen LogP contribution is 2.23. The lowest BCUT2D eigenvalue weighted by Gasteiger charge is -2.21. The molecule has 26 heavy (non-hydrogen) atoms. The first-order chi connectivity index (χ1) is 12.1. The van der Waals surface area contributed by atoms with Crippen molar-refractivity contribution in [2.45, 2.75) is 39.3 Å². The molecule has 1 aliphatic heterocycles. The summed E-state index contributed by atoms with van der Waals surface area (Å²) in [5.74, 6) is -1.63. The van der Waals surface area contributed by atoms with Crippen molar-refractivity contribution in [3.05, 3.63) is 35.4 Å². The predicted molar refractivity (Wildman–Crippen MR) is 96.1 cm³/mol. The molecule has 2 rings (SSSR count). The second-order valence-electron chi connectivity index (χ2n) is 7.73. The molecule has 7 nitrogen and oxygen atoms in total. The van der Waals surface area contributed by atoms with Crippen LogP contribution < -0.4 is 5.32 Å². The summed E-state index contributed by atoms with van der Waals surface area (Å²) in [6, 6.07) is 5.35. The van der Waals surface area contributed by atoms with Gasteiger partial charge in [0.1, 0.15) is 6.04 Å². The molecule has 2 atom stereocenters. The molecule has 142 valence electrons. The summed E-state index contributed by atoms with van der Waals surface area (Å²) >= 11 is 0. The van der Waals surface area contributed by atoms with Gasteiger partial charge in [-0.15, -0.1) is 0 Å². The molecule has 0 aliphatic carbocycles. The Bertz CT molecular complexity index is 678. The minimum atomic E-state index is -1.05. The lowest BCUT2D eigenvalue weighted by atomic mass is 9.97. The molecular weight excluding hydrogens is 336 g/mol. The summed E-state index contributed by atoms with van der Waals surface area (Å²) in [4.78, 5) is 37.5. The normalized spacial score (nSPS) is 20.1. The fraction of sp³-hybridized carbons (Fsp3) is 0.526. The number of methoxy groups -OCH3 is 1. The summed E-state index contributed by atoms with van der Waals surface area (Å²) in [5, 5.41) is 12.2. The van der Waals surface area contributed by atoms with Crippen LogP contribution in [0.15, 0.2) is 24.3 Å². The first-order valence-electron chi connectivity index (χ1n) is 8.57. The van der Waals surface area contributed by atoms with Gasteiger partial charge in [0.05, 0.1) is 6.10 Å². The molecule has 0 radical (unpaired) electrons. The van der Waals surface area contributed by atoms with Crippen molar-refractivity contribution in [3.63, 3.8) is 0 Å². The van der Waals surface area contributed by atoms with Gasteiger partial charge in [0.2, 0.25) is 0 Å². The standard InChI is InChI=1S/C19H26N2O5/c1-19(2,3)11-20-16(22)12-5-7-13(8-6-12)17(23)21-10-14(26-4)9-15(21)18(24)25/h5-8,14-15H,9-11H2,1-4H3,(H,20,22)(H,24,25). The van der Waals surface area contributed by atoms with Crippen LogP contribution in [0.3, 0.4) is 0 Å². The van der Waals surface area contributed by atoms with E-state index < -0.39 is 12.0 Å².